The Labute approximate surface area is 112 Å². The highest BCUT2D eigenvalue weighted by molar-refractivity contribution is 9.11. The molecule has 8 heteroatoms. The van der Waals surface area contributed by atoms with Gasteiger partial charge in [-0.15, -0.1) is 11.3 Å². The molecule has 17 heavy (non-hydrogen) atoms. The highest BCUT2D eigenvalue weighted by atomic mass is 79.9. The number of aromatic nitrogens is 1. The minimum Gasteiger partial charge on any atom is -0.357 e. The summed E-state index contributed by atoms with van der Waals surface area (Å²) in [5.74, 6) is 0. The molecular weight excluding hydrogens is 337 g/mol. The fraction of sp³-hybridized carbons (Fsp3) is 0.222. The van der Waals surface area contributed by atoms with Crippen LogP contribution in [-0.4, -0.2) is 4.98 Å². The molecule has 1 N–H and O–H groups in total. The molecule has 0 aliphatic heterocycles. The summed E-state index contributed by atoms with van der Waals surface area (Å²) in [7, 11) is 0. The van der Waals surface area contributed by atoms with Gasteiger partial charge < -0.3 is 5.32 Å². The van der Waals surface area contributed by atoms with E-state index < -0.39 is 11.1 Å². The molecule has 2 rings (SSSR count). The van der Waals surface area contributed by atoms with Gasteiger partial charge in [0.1, 0.15) is 4.88 Å². The lowest BCUT2D eigenvalue weighted by molar-refractivity contribution is -0.134. The van der Waals surface area contributed by atoms with Gasteiger partial charge in [0, 0.05) is 4.88 Å². The van der Waals surface area contributed by atoms with Crippen molar-refractivity contribution in [1.29, 1.82) is 0 Å². The first-order valence-electron chi connectivity index (χ1n) is 4.46. The fourth-order valence-electron chi connectivity index (χ4n) is 1.10. The number of nitrogens with one attached hydrogen (secondary N) is 1. The van der Waals surface area contributed by atoms with Gasteiger partial charge in [-0.2, -0.15) is 13.2 Å². The van der Waals surface area contributed by atoms with Crippen LogP contribution < -0.4 is 5.32 Å². The number of halogens is 4. The van der Waals surface area contributed by atoms with Crippen molar-refractivity contribution < 1.29 is 13.2 Å². The summed E-state index contributed by atoms with van der Waals surface area (Å²) in [6.45, 7) is 0.473. The van der Waals surface area contributed by atoms with Gasteiger partial charge in [0.25, 0.3) is 0 Å². The van der Waals surface area contributed by atoms with E-state index in [0.717, 1.165) is 14.9 Å². The molecule has 0 amide bonds. The van der Waals surface area contributed by atoms with Gasteiger partial charge >= 0.3 is 6.18 Å². The minimum absolute atomic E-state index is 0.279. The van der Waals surface area contributed by atoms with Crippen LogP contribution in [0, 0.1) is 0 Å². The highest BCUT2D eigenvalue weighted by Gasteiger charge is 2.33. The Balaban J connectivity index is 1.98. The molecule has 0 saturated heterocycles. The molecule has 0 saturated carbocycles. The fourth-order valence-corrected chi connectivity index (χ4v) is 3.20. The molecule has 2 heterocycles. The largest absolute Gasteiger partial charge is 0.427 e. The lowest BCUT2D eigenvalue weighted by Crippen LogP contribution is -2.00. The van der Waals surface area contributed by atoms with Crippen LogP contribution >= 0.6 is 38.6 Å². The number of rotatable bonds is 3. The molecule has 0 fully saturated rings. The summed E-state index contributed by atoms with van der Waals surface area (Å²) in [6.07, 6.45) is -3.47. The van der Waals surface area contributed by atoms with E-state index in [9.17, 15) is 13.2 Å². The zero-order valence-electron chi connectivity index (χ0n) is 8.21. The van der Waals surface area contributed by atoms with Gasteiger partial charge in [-0.1, -0.05) is 11.3 Å². The third-order valence-corrected chi connectivity index (χ3v) is 4.45. The van der Waals surface area contributed by atoms with Crippen LogP contribution in [-0.2, 0) is 12.7 Å². The van der Waals surface area contributed by atoms with Gasteiger partial charge in [0.15, 0.2) is 5.13 Å². The maximum Gasteiger partial charge on any atom is 0.427 e. The summed E-state index contributed by atoms with van der Waals surface area (Å²) in [4.78, 5) is 4.03. The van der Waals surface area contributed by atoms with E-state index in [4.69, 9.17) is 0 Å². The van der Waals surface area contributed by atoms with Crippen LogP contribution in [0.2, 0.25) is 0 Å². The Bertz CT molecular complexity index is 506. The van der Waals surface area contributed by atoms with Gasteiger partial charge in [-0.25, -0.2) is 4.98 Å². The van der Waals surface area contributed by atoms with Gasteiger partial charge in [-0.05, 0) is 28.1 Å². The normalized spacial score (nSPS) is 11.8. The van der Waals surface area contributed by atoms with E-state index in [0.29, 0.717) is 17.9 Å². The number of nitrogens with zero attached hydrogens (tertiary/aromatic N) is 1. The van der Waals surface area contributed by atoms with Crippen LogP contribution in [0.5, 0.6) is 0 Å². The molecule has 0 aromatic carbocycles. The smallest absolute Gasteiger partial charge is 0.357 e. The van der Waals surface area contributed by atoms with Gasteiger partial charge in [-0.3, -0.25) is 0 Å². The van der Waals surface area contributed by atoms with Crippen LogP contribution in [0.1, 0.15) is 9.75 Å². The molecule has 2 nitrogen and oxygen atoms in total. The van der Waals surface area contributed by atoms with Crippen molar-refractivity contribution in [3.05, 3.63) is 31.9 Å². The second kappa shape index (κ2) is 4.95. The summed E-state index contributed by atoms with van der Waals surface area (Å²) in [5, 5.41) is 3.14. The van der Waals surface area contributed by atoms with Crippen molar-refractivity contribution in [2.45, 2.75) is 12.7 Å². The molecule has 2 aromatic rings. The molecule has 2 aromatic heterocycles. The van der Waals surface area contributed by atoms with Crippen molar-refractivity contribution >= 4 is 43.7 Å². The summed E-state index contributed by atoms with van der Waals surface area (Å²) < 4.78 is 37.9. The van der Waals surface area contributed by atoms with Crippen LogP contribution in [0.3, 0.4) is 0 Å². The second-order valence-corrected chi connectivity index (χ2v) is 6.67. The number of anilines is 1. The summed E-state index contributed by atoms with van der Waals surface area (Å²) in [5.41, 5.74) is 0. The molecule has 92 valence electrons. The van der Waals surface area contributed by atoms with Gasteiger partial charge in [0.2, 0.25) is 0 Å². The number of thiophene rings is 1. The first kappa shape index (κ1) is 12.8. The zero-order valence-corrected chi connectivity index (χ0v) is 11.4. The Morgan fingerprint density at radius 2 is 2.06 bits per heavy atom. The Morgan fingerprint density at radius 3 is 2.59 bits per heavy atom. The molecule has 0 unspecified atom stereocenters. The van der Waals surface area contributed by atoms with Crippen LogP contribution in [0.4, 0.5) is 18.3 Å². The van der Waals surface area contributed by atoms with E-state index in [2.05, 4.69) is 26.2 Å². The first-order valence-corrected chi connectivity index (χ1v) is 6.89. The topological polar surface area (TPSA) is 24.9 Å². The standard InChI is InChI=1S/C9H6BrF3N2S2/c10-7-2-1-5(16-7)3-14-8-15-4-6(17-8)9(11,12)13/h1-2,4H,3H2,(H,14,15). The van der Waals surface area contributed by atoms with Gasteiger partial charge in [0.05, 0.1) is 16.5 Å². The van der Waals surface area contributed by atoms with Crippen molar-refractivity contribution in [1.82, 2.24) is 4.98 Å². The molecule has 0 radical (unpaired) electrons. The molecule has 0 bridgehead atoms. The minimum atomic E-state index is -4.32. The quantitative estimate of drug-likeness (QED) is 0.881. The van der Waals surface area contributed by atoms with Crippen molar-refractivity contribution in [2.24, 2.45) is 0 Å². The SMILES string of the molecule is FC(F)(F)c1cnc(NCc2ccc(Br)s2)s1. The Morgan fingerprint density at radius 1 is 1.29 bits per heavy atom. The average Bonchev–Trinajstić information content (AvgIpc) is 2.82. The van der Waals surface area contributed by atoms with Crippen LogP contribution in [0.25, 0.3) is 0 Å². The third kappa shape index (κ3) is 3.43. The lowest BCUT2D eigenvalue weighted by atomic mass is 10.5. The first-order chi connectivity index (χ1) is 7.95. The van der Waals surface area contributed by atoms with E-state index in [1.54, 1.807) is 0 Å². The van der Waals surface area contributed by atoms with E-state index in [1.807, 2.05) is 12.1 Å². The van der Waals surface area contributed by atoms with E-state index in [-0.39, 0.29) is 5.13 Å². The van der Waals surface area contributed by atoms with E-state index >= 15 is 0 Å². The van der Waals surface area contributed by atoms with Crippen molar-refractivity contribution in [3.8, 4) is 0 Å². The third-order valence-electron chi connectivity index (χ3n) is 1.83. The molecule has 0 aliphatic rings. The molecule has 0 atom stereocenters. The van der Waals surface area contributed by atoms with E-state index in [1.165, 1.54) is 11.3 Å². The number of hydrogen-bond donors (Lipinski definition) is 1. The van der Waals surface area contributed by atoms with Crippen molar-refractivity contribution in [3.63, 3.8) is 0 Å². The molecule has 0 spiro atoms. The Kier molecular flexibility index (Phi) is 3.74. The highest BCUT2D eigenvalue weighted by Crippen LogP contribution is 2.35. The number of alkyl halides is 3. The number of hydrogen-bond acceptors (Lipinski definition) is 4. The summed E-state index contributed by atoms with van der Waals surface area (Å²) in [6, 6.07) is 3.80. The van der Waals surface area contributed by atoms with Crippen LogP contribution in [0.15, 0.2) is 22.1 Å². The molecule has 0 aliphatic carbocycles. The second-order valence-electron chi connectivity index (χ2n) is 3.09. The number of thiazole rings is 1. The predicted octanol–water partition coefficient (Wildman–Crippen LogP) is 4.60. The lowest BCUT2D eigenvalue weighted by Gasteiger charge is -2.00. The Hall–Kier alpha value is -0.600. The van der Waals surface area contributed by atoms with Crippen molar-refractivity contribution in [2.75, 3.05) is 5.32 Å². The molecular formula is C9H6BrF3N2S2. The average molecular weight is 343 g/mol. The maximum atomic E-state index is 12.3. The monoisotopic (exact) mass is 342 g/mol. The summed E-state index contributed by atoms with van der Waals surface area (Å²) >= 11 is 5.46. The predicted molar refractivity (Wildman–Crippen MR) is 66.5 cm³/mol. The zero-order chi connectivity index (χ0) is 12.5. The maximum absolute atomic E-state index is 12.3.